The summed E-state index contributed by atoms with van der Waals surface area (Å²) in [5.74, 6) is 0.661. The fourth-order valence-electron chi connectivity index (χ4n) is 2.85. The molecule has 156 valence electrons. The summed E-state index contributed by atoms with van der Waals surface area (Å²) >= 11 is 10.3. The highest BCUT2D eigenvalue weighted by Gasteiger charge is 2.25. The normalized spacial score (nSPS) is 14.5. The number of ether oxygens (including phenoxy) is 2. The number of aliphatic imine (C=N–C) groups is 1. The van der Waals surface area contributed by atoms with E-state index in [0.29, 0.717) is 12.5 Å². The molecule has 0 bridgehead atoms. The van der Waals surface area contributed by atoms with Crippen LogP contribution in [0.3, 0.4) is 0 Å². The molecule has 4 rings (SSSR count). The number of hydrogen-bond acceptors (Lipinski definition) is 4. The molecule has 0 radical (unpaired) electrons. The molecule has 31 heavy (non-hydrogen) atoms. The lowest BCUT2D eigenvalue weighted by Crippen LogP contribution is -2.05. The molecule has 0 saturated carbocycles. The largest absolute Gasteiger partial charge is 0.487 e. The van der Waals surface area contributed by atoms with Gasteiger partial charge in [0.15, 0.2) is 5.70 Å². The van der Waals surface area contributed by atoms with Gasteiger partial charge in [0.05, 0.1) is 12.7 Å². The van der Waals surface area contributed by atoms with E-state index in [-0.39, 0.29) is 5.70 Å². The average molecular weight is 812 g/mol. The number of carbonyl (C=O) groups excluding carboxylic acids is 1. The summed E-state index contributed by atoms with van der Waals surface area (Å²) in [7, 11) is 0. The first kappa shape index (κ1) is 23.2. The fourth-order valence-corrected chi connectivity index (χ4v) is 5.80. The van der Waals surface area contributed by atoms with Crippen molar-refractivity contribution in [3.63, 3.8) is 0 Å². The highest BCUT2D eigenvalue weighted by Crippen LogP contribution is 2.31. The lowest BCUT2D eigenvalue weighted by atomic mass is 10.2. The minimum atomic E-state index is -0.463. The van der Waals surface area contributed by atoms with E-state index >= 15 is 0 Å². The molecule has 0 aromatic heterocycles. The SMILES string of the molecule is O=C1OC(c2ccccc2Br)=N/C1=C\c1cc(I)c(OCc2ccc(I)cc2)c(I)c1. The van der Waals surface area contributed by atoms with Gasteiger partial charge in [-0.05, 0) is 137 Å². The monoisotopic (exact) mass is 811 g/mol. The quantitative estimate of drug-likeness (QED) is 0.156. The van der Waals surface area contributed by atoms with Crippen LogP contribution in [-0.4, -0.2) is 11.9 Å². The van der Waals surface area contributed by atoms with E-state index in [1.807, 2.05) is 36.4 Å². The van der Waals surface area contributed by atoms with Crippen LogP contribution >= 0.6 is 83.7 Å². The van der Waals surface area contributed by atoms with Crippen LogP contribution < -0.4 is 4.74 Å². The number of rotatable bonds is 5. The second-order valence-electron chi connectivity index (χ2n) is 6.54. The molecule has 1 aliphatic heterocycles. The number of halogens is 4. The molecule has 0 amide bonds. The van der Waals surface area contributed by atoms with Gasteiger partial charge in [0.25, 0.3) is 0 Å². The van der Waals surface area contributed by atoms with Crippen LogP contribution in [0.25, 0.3) is 6.08 Å². The molecule has 0 spiro atoms. The van der Waals surface area contributed by atoms with Gasteiger partial charge in [0.2, 0.25) is 5.90 Å². The number of nitrogens with zero attached hydrogens (tertiary/aromatic N) is 1. The second kappa shape index (κ2) is 10.3. The number of benzene rings is 3. The Morgan fingerprint density at radius 3 is 2.35 bits per heavy atom. The van der Waals surface area contributed by atoms with Crippen molar-refractivity contribution in [2.45, 2.75) is 6.61 Å². The van der Waals surface area contributed by atoms with E-state index in [4.69, 9.17) is 9.47 Å². The van der Waals surface area contributed by atoms with Gasteiger partial charge in [-0.15, -0.1) is 0 Å². The van der Waals surface area contributed by atoms with Crippen LogP contribution in [-0.2, 0) is 16.1 Å². The average Bonchev–Trinajstić information content (AvgIpc) is 3.09. The summed E-state index contributed by atoms with van der Waals surface area (Å²) in [5.41, 5.74) is 2.98. The predicted molar refractivity (Wildman–Crippen MR) is 150 cm³/mol. The van der Waals surface area contributed by atoms with E-state index in [1.165, 1.54) is 3.57 Å². The number of cyclic esters (lactones) is 1. The van der Waals surface area contributed by atoms with Crippen molar-refractivity contribution in [3.8, 4) is 5.75 Å². The Balaban J connectivity index is 1.56. The molecule has 4 nitrogen and oxygen atoms in total. The first-order valence-electron chi connectivity index (χ1n) is 9.04. The third-order valence-electron chi connectivity index (χ3n) is 4.35. The van der Waals surface area contributed by atoms with Gasteiger partial charge in [0, 0.05) is 8.04 Å². The third kappa shape index (κ3) is 5.69. The van der Waals surface area contributed by atoms with Crippen molar-refractivity contribution < 1.29 is 14.3 Å². The molecule has 3 aromatic rings. The van der Waals surface area contributed by atoms with Gasteiger partial charge in [-0.2, -0.15) is 0 Å². The third-order valence-corrected chi connectivity index (χ3v) is 7.36. The molecule has 0 unspecified atom stereocenters. The Hall–Kier alpha value is -0.990. The Labute approximate surface area is 229 Å². The first-order valence-corrected chi connectivity index (χ1v) is 13.1. The molecule has 0 saturated heterocycles. The summed E-state index contributed by atoms with van der Waals surface area (Å²) in [5, 5.41) is 0. The summed E-state index contributed by atoms with van der Waals surface area (Å²) < 4.78 is 15.4. The molecule has 0 aliphatic carbocycles. The molecular formula is C23H13BrI3NO3. The molecule has 0 atom stereocenters. The van der Waals surface area contributed by atoms with E-state index < -0.39 is 5.97 Å². The Bertz CT molecular complexity index is 1200. The van der Waals surface area contributed by atoms with Crippen LogP contribution in [0.5, 0.6) is 5.75 Å². The minimum absolute atomic E-state index is 0.268. The highest BCUT2D eigenvalue weighted by atomic mass is 127. The van der Waals surface area contributed by atoms with Gasteiger partial charge in [-0.1, -0.05) is 24.3 Å². The topological polar surface area (TPSA) is 47.9 Å². The zero-order valence-electron chi connectivity index (χ0n) is 15.7. The van der Waals surface area contributed by atoms with Crippen molar-refractivity contribution in [1.82, 2.24) is 0 Å². The van der Waals surface area contributed by atoms with Crippen molar-refractivity contribution in [1.29, 1.82) is 0 Å². The molecule has 0 fully saturated rings. The van der Waals surface area contributed by atoms with Gasteiger partial charge < -0.3 is 9.47 Å². The zero-order valence-corrected chi connectivity index (χ0v) is 23.8. The number of esters is 1. The van der Waals surface area contributed by atoms with Crippen LogP contribution in [0.1, 0.15) is 16.7 Å². The molecule has 1 heterocycles. The van der Waals surface area contributed by atoms with E-state index in [1.54, 1.807) is 6.08 Å². The molecule has 1 aliphatic rings. The Morgan fingerprint density at radius 1 is 1.00 bits per heavy atom. The summed E-state index contributed by atoms with van der Waals surface area (Å²) in [6.07, 6.45) is 1.74. The van der Waals surface area contributed by atoms with Crippen molar-refractivity contribution >= 4 is 102 Å². The van der Waals surface area contributed by atoms with E-state index in [9.17, 15) is 4.79 Å². The first-order chi connectivity index (χ1) is 14.9. The summed E-state index contributed by atoms with van der Waals surface area (Å²) in [4.78, 5) is 16.7. The molecule has 3 aromatic carbocycles. The van der Waals surface area contributed by atoms with Gasteiger partial charge in [0.1, 0.15) is 12.4 Å². The maximum Gasteiger partial charge on any atom is 0.363 e. The maximum absolute atomic E-state index is 12.3. The Kier molecular flexibility index (Phi) is 7.70. The minimum Gasteiger partial charge on any atom is -0.487 e. The standard InChI is InChI=1S/C23H13BrI3NO3/c24-17-4-2-1-3-16(17)22-28-20(23(29)31-22)11-14-9-18(26)21(19(27)10-14)30-12-13-5-7-15(25)8-6-13/h1-11H,12H2/b20-11-. The maximum atomic E-state index is 12.3. The molecule has 8 heteroatoms. The van der Waals surface area contributed by atoms with Crippen LogP contribution in [0.2, 0.25) is 0 Å². The zero-order chi connectivity index (χ0) is 22.0. The van der Waals surface area contributed by atoms with E-state index in [2.05, 4.69) is 113 Å². The Morgan fingerprint density at radius 2 is 1.68 bits per heavy atom. The lowest BCUT2D eigenvalue weighted by Gasteiger charge is -2.11. The van der Waals surface area contributed by atoms with Gasteiger partial charge in [-0.3, -0.25) is 0 Å². The molecule has 0 N–H and O–H groups in total. The molecular weight excluding hydrogens is 799 g/mol. The number of hydrogen-bond donors (Lipinski definition) is 0. The van der Waals surface area contributed by atoms with Crippen LogP contribution in [0.4, 0.5) is 0 Å². The lowest BCUT2D eigenvalue weighted by molar-refractivity contribution is -0.129. The summed E-state index contributed by atoms with van der Waals surface area (Å²) in [6, 6.07) is 19.7. The van der Waals surface area contributed by atoms with Crippen molar-refractivity contribution in [2.75, 3.05) is 0 Å². The van der Waals surface area contributed by atoms with Crippen LogP contribution in [0.15, 0.2) is 75.8 Å². The fraction of sp³-hybridized carbons (Fsp3) is 0.0435. The second-order valence-corrected chi connectivity index (χ2v) is 11.0. The predicted octanol–water partition coefficient (Wildman–Crippen LogP) is 7.19. The van der Waals surface area contributed by atoms with Gasteiger partial charge >= 0.3 is 5.97 Å². The van der Waals surface area contributed by atoms with E-state index in [0.717, 1.165) is 34.1 Å². The highest BCUT2D eigenvalue weighted by molar-refractivity contribution is 14.1. The van der Waals surface area contributed by atoms with Gasteiger partial charge in [-0.25, -0.2) is 9.79 Å². The number of carbonyl (C=O) groups is 1. The van der Waals surface area contributed by atoms with Crippen molar-refractivity contribution in [3.05, 3.63) is 98.2 Å². The van der Waals surface area contributed by atoms with Crippen LogP contribution in [0, 0.1) is 10.7 Å². The smallest absolute Gasteiger partial charge is 0.363 e. The van der Waals surface area contributed by atoms with Crippen molar-refractivity contribution in [2.24, 2.45) is 4.99 Å². The summed E-state index contributed by atoms with van der Waals surface area (Å²) in [6.45, 7) is 0.495.